The maximum absolute atomic E-state index is 11.0. The Morgan fingerprint density at radius 1 is 1.39 bits per heavy atom. The van der Waals surface area contributed by atoms with Crippen molar-refractivity contribution in [2.75, 3.05) is 18.9 Å². The molecule has 2 unspecified atom stereocenters. The summed E-state index contributed by atoms with van der Waals surface area (Å²) in [4.78, 5) is 13.4. The maximum atomic E-state index is 11.0. The Morgan fingerprint density at radius 2 is 2.06 bits per heavy atom. The van der Waals surface area contributed by atoms with Gasteiger partial charge in [0, 0.05) is 29.9 Å². The van der Waals surface area contributed by atoms with Gasteiger partial charge in [-0.05, 0) is 51.1 Å². The van der Waals surface area contributed by atoms with E-state index in [0.29, 0.717) is 17.6 Å². The first-order chi connectivity index (χ1) is 8.56. The summed E-state index contributed by atoms with van der Waals surface area (Å²) < 4.78 is 0. The lowest BCUT2D eigenvalue weighted by molar-refractivity contribution is 0.100. The van der Waals surface area contributed by atoms with Crippen molar-refractivity contribution >= 4 is 11.6 Å². The van der Waals surface area contributed by atoms with E-state index in [-0.39, 0.29) is 5.91 Å². The molecule has 2 atom stereocenters. The zero-order valence-electron chi connectivity index (χ0n) is 11.0. The van der Waals surface area contributed by atoms with E-state index >= 15 is 0 Å². The van der Waals surface area contributed by atoms with Crippen molar-refractivity contribution in [3.63, 3.8) is 0 Å². The van der Waals surface area contributed by atoms with Crippen LogP contribution in [0.3, 0.4) is 0 Å². The Bertz CT molecular complexity index is 416. The summed E-state index contributed by atoms with van der Waals surface area (Å²) in [5.41, 5.74) is 6.83. The molecule has 1 saturated heterocycles. The van der Waals surface area contributed by atoms with Crippen molar-refractivity contribution < 1.29 is 4.79 Å². The van der Waals surface area contributed by atoms with Crippen LogP contribution in [-0.4, -0.2) is 36.5 Å². The van der Waals surface area contributed by atoms with Gasteiger partial charge in [0.1, 0.15) is 0 Å². The second kappa shape index (κ2) is 5.40. The molecule has 4 nitrogen and oxygen atoms in total. The summed E-state index contributed by atoms with van der Waals surface area (Å²) in [5.74, 6) is -0.380. The van der Waals surface area contributed by atoms with Crippen LogP contribution in [0.4, 0.5) is 5.69 Å². The van der Waals surface area contributed by atoms with Crippen LogP contribution in [0.1, 0.15) is 30.1 Å². The van der Waals surface area contributed by atoms with Gasteiger partial charge in [0.15, 0.2) is 0 Å². The molecule has 2 rings (SSSR count). The highest BCUT2D eigenvalue weighted by atomic mass is 16.1. The van der Waals surface area contributed by atoms with Crippen LogP contribution in [0.15, 0.2) is 24.3 Å². The number of amides is 1. The molecule has 4 heteroatoms. The van der Waals surface area contributed by atoms with Crippen LogP contribution in [0.2, 0.25) is 0 Å². The lowest BCUT2D eigenvalue weighted by Crippen LogP contribution is -2.42. The zero-order valence-corrected chi connectivity index (χ0v) is 11.0. The minimum absolute atomic E-state index is 0.380. The summed E-state index contributed by atoms with van der Waals surface area (Å²) in [5, 5.41) is 3.52. The molecule has 1 fully saturated rings. The highest BCUT2D eigenvalue weighted by molar-refractivity contribution is 5.93. The quantitative estimate of drug-likeness (QED) is 0.854. The third-order valence-electron chi connectivity index (χ3n) is 3.75. The Hall–Kier alpha value is -1.55. The molecule has 1 aromatic rings. The largest absolute Gasteiger partial charge is 0.382 e. The first kappa shape index (κ1) is 12.9. The molecular formula is C14H21N3O. The summed E-state index contributed by atoms with van der Waals surface area (Å²) in [6.07, 6.45) is 2.30. The molecule has 1 aromatic carbocycles. The molecule has 3 N–H and O–H groups in total. The van der Waals surface area contributed by atoms with Gasteiger partial charge in [0.05, 0.1) is 0 Å². The highest BCUT2D eigenvalue weighted by Gasteiger charge is 2.22. The monoisotopic (exact) mass is 247 g/mol. The number of hydrogen-bond acceptors (Lipinski definition) is 3. The predicted octanol–water partition coefficient (Wildman–Crippen LogP) is 1.68. The molecule has 0 radical (unpaired) electrons. The summed E-state index contributed by atoms with van der Waals surface area (Å²) in [6.45, 7) is 3.38. The topological polar surface area (TPSA) is 58.4 Å². The summed E-state index contributed by atoms with van der Waals surface area (Å²) in [6, 6.07) is 8.50. The Balaban J connectivity index is 1.95. The van der Waals surface area contributed by atoms with E-state index in [4.69, 9.17) is 5.73 Å². The Labute approximate surface area is 108 Å². The number of nitrogens with two attached hydrogens (primary N) is 1. The second-order valence-electron chi connectivity index (χ2n) is 5.14. The standard InChI is InChI=1S/C14H21N3O/c1-10-9-13(7-8-17(10)2)16-12-5-3-11(4-6-12)14(15)18/h3-6,10,13,16H,7-9H2,1-2H3,(H2,15,18). The van der Waals surface area contributed by atoms with E-state index in [1.54, 1.807) is 12.1 Å². The van der Waals surface area contributed by atoms with E-state index in [9.17, 15) is 4.79 Å². The van der Waals surface area contributed by atoms with E-state index in [1.807, 2.05) is 12.1 Å². The highest BCUT2D eigenvalue weighted by Crippen LogP contribution is 2.20. The van der Waals surface area contributed by atoms with E-state index in [1.165, 1.54) is 0 Å². The zero-order chi connectivity index (χ0) is 13.1. The van der Waals surface area contributed by atoms with Crippen molar-refractivity contribution in [1.29, 1.82) is 0 Å². The van der Waals surface area contributed by atoms with Gasteiger partial charge in [-0.2, -0.15) is 0 Å². The fourth-order valence-corrected chi connectivity index (χ4v) is 2.39. The first-order valence-corrected chi connectivity index (χ1v) is 6.43. The number of likely N-dealkylation sites (tertiary alicyclic amines) is 1. The minimum atomic E-state index is -0.380. The number of carbonyl (C=O) groups excluding carboxylic acids is 1. The van der Waals surface area contributed by atoms with E-state index < -0.39 is 0 Å². The first-order valence-electron chi connectivity index (χ1n) is 6.43. The molecular weight excluding hydrogens is 226 g/mol. The lowest BCUT2D eigenvalue weighted by atomic mass is 9.98. The number of nitrogens with one attached hydrogen (secondary N) is 1. The van der Waals surface area contributed by atoms with Gasteiger partial charge in [-0.3, -0.25) is 4.79 Å². The van der Waals surface area contributed by atoms with Crippen LogP contribution < -0.4 is 11.1 Å². The average molecular weight is 247 g/mol. The number of carbonyl (C=O) groups is 1. The fraction of sp³-hybridized carbons (Fsp3) is 0.500. The molecule has 1 heterocycles. The van der Waals surface area contributed by atoms with E-state index in [0.717, 1.165) is 25.1 Å². The van der Waals surface area contributed by atoms with Crippen LogP contribution in [-0.2, 0) is 0 Å². The number of nitrogens with zero attached hydrogens (tertiary/aromatic N) is 1. The number of hydrogen-bond donors (Lipinski definition) is 2. The SMILES string of the molecule is CC1CC(Nc2ccc(C(N)=O)cc2)CCN1C. The Morgan fingerprint density at radius 3 is 2.61 bits per heavy atom. The number of anilines is 1. The third kappa shape index (κ3) is 3.01. The maximum Gasteiger partial charge on any atom is 0.248 e. The predicted molar refractivity (Wildman–Crippen MR) is 73.7 cm³/mol. The van der Waals surface area contributed by atoms with Gasteiger partial charge in [0.25, 0.3) is 0 Å². The van der Waals surface area contributed by atoms with Crippen molar-refractivity contribution in [3.8, 4) is 0 Å². The summed E-state index contributed by atoms with van der Waals surface area (Å²) in [7, 11) is 2.17. The molecule has 0 aliphatic carbocycles. The van der Waals surface area contributed by atoms with Gasteiger partial charge < -0.3 is 16.0 Å². The number of rotatable bonds is 3. The second-order valence-corrected chi connectivity index (χ2v) is 5.14. The van der Waals surface area contributed by atoms with Gasteiger partial charge in [-0.15, -0.1) is 0 Å². The van der Waals surface area contributed by atoms with Crippen LogP contribution in [0.25, 0.3) is 0 Å². The fourth-order valence-electron chi connectivity index (χ4n) is 2.39. The number of benzene rings is 1. The molecule has 0 saturated carbocycles. The van der Waals surface area contributed by atoms with Crippen LogP contribution in [0.5, 0.6) is 0 Å². The number of piperidine rings is 1. The van der Waals surface area contributed by atoms with Gasteiger partial charge in [-0.25, -0.2) is 0 Å². The Kier molecular flexibility index (Phi) is 3.87. The minimum Gasteiger partial charge on any atom is -0.382 e. The van der Waals surface area contributed by atoms with Gasteiger partial charge in [0.2, 0.25) is 5.91 Å². The normalized spacial score (nSPS) is 24.8. The van der Waals surface area contributed by atoms with Gasteiger partial charge in [-0.1, -0.05) is 0 Å². The van der Waals surface area contributed by atoms with Gasteiger partial charge >= 0.3 is 0 Å². The molecule has 0 bridgehead atoms. The molecule has 1 aliphatic rings. The van der Waals surface area contributed by atoms with Crippen molar-refractivity contribution in [3.05, 3.63) is 29.8 Å². The van der Waals surface area contributed by atoms with Crippen LogP contribution >= 0.6 is 0 Å². The lowest BCUT2D eigenvalue weighted by Gasteiger charge is -2.35. The average Bonchev–Trinajstić information content (AvgIpc) is 2.34. The number of primary amides is 1. The van der Waals surface area contributed by atoms with E-state index in [2.05, 4.69) is 24.2 Å². The molecule has 0 aromatic heterocycles. The molecule has 1 aliphatic heterocycles. The molecule has 0 spiro atoms. The van der Waals surface area contributed by atoms with Crippen LogP contribution in [0, 0.1) is 0 Å². The smallest absolute Gasteiger partial charge is 0.248 e. The molecule has 18 heavy (non-hydrogen) atoms. The van der Waals surface area contributed by atoms with Crippen molar-refractivity contribution in [1.82, 2.24) is 4.90 Å². The summed E-state index contributed by atoms with van der Waals surface area (Å²) >= 11 is 0. The van der Waals surface area contributed by atoms with Crippen molar-refractivity contribution in [2.45, 2.75) is 31.8 Å². The third-order valence-corrected chi connectivity index (χ3v) is 3.75. The molecule has 1 amide bonds. The molecule has 98 valence electrons. The van der Waals surface area contributed by atoms with Crippen molar-refractivity contribution in [2.24, 2.45) is 5.73 Å².